The number of methoxy groups -OCH3 is 1. The first-order valence-corrected chi connectivity index (χ1v) is 6.98. The van der Waals surface area contributed by atoms with Crippen molar-refractivity contribution in [2.75, 3.05) is 20.8 Å². The van der Waals surface area contributed by atoms with Gasteiger partial charge in [0.2, 0.25) is 0 Å². The van der Waals surface area contributed by atoms with E-state index in [1.165, 1.54) is 5.56 Å². The van der Waals surface area contributed by atoms with Crippen molar-refractivity contribution >= 4 is 15.9 Å². The van der Waals surface area contributed by atoms with Gasteiger partial charge < -0.3 is 10.5 Å². The van der Waals surface area contributed by atoms with Crippen LogP contribution in [0, 0.1) is 0 Å². The average Bonchev–Trinajstić information content (AvgIpc) is 2.31. The SMILES string of the molecule is COCC(C)N(C)C(c1ccc(Br)cc1)C(C)N. The van der Waals surface area contributed by atoms with Crippen molar-refractivity contribution in [3.63, 3.8) is 0 Å². The van der Waals surface area contributed by atoms with Gasteiger partial charge >= 0.3 is 0 Å². The minimum absolute atomic E-state index is 0.0653. The fourth-order valence-electron chi connectivity index (χ4n) is 2.20. The molecular formula is C14H23BrN2O. The number of benzene rings is 1. The molecule has 0 radical (unpaired) electrons. The molecule has 0 bridgehead atoms. The van der Waals surface area contributed by atoms with E-state index in [1.54, 1.807) is 7.11 Å². The molecule has 0 saturated carbocycles. The van der Waals surface area contributed by atoms with Crippen LogP contribution in [0.15, 0.2) is 28.7 Å². The Balaban J connectivity index is 2.92. The maximum atomic E-state index is 6.15. The third-order valence-corrected chi connectivity index (χ3v) is 3.78. The van der Waals surface area contributed by atoms with Gasteiger partial charge in [-0.05, 0) is 38.6 Å². The van der Waals surface area contributed by atoms with Gasteiger partial charge in [-0.2, -0.15) is 0 Å². The summed E-state index contributed by atoms with van der Waals surface area (Å²) in [7, 11) is 3.82. The average molecular weight is 315 g/mol. The van der Waals surface area contributed by atoms with Gasteiger partial charge in [0.15, 0.2) is 0 Å². The summed E-state index contributed by atoms with van der Waals surface area (Å²) in [5, 5.41) is 0. The van der Waals surface area contributed by atoms with Crippen LogP contribution in [0.1, 0.15) is 25.5 Å². The van der Waals surface area contributed by atoms with Crippen LogP contribution in [-0.2, 0) is 4.74 Å². The van der Waals surface area contributed by atoms with E-state index in [4.69, 9.17) is 10.5 Å². The van der Waals surface area contributed by atoms with E-state index in [1.807, 2.05) is 6.92 Å². The summed E-state index contributed by atoms with van der Waals surface area (Å²) in [4.78, 5) is 2.28. The number of hydrogen-bond acceptors (Lipinski definition) is 3. The van der Waals surface area contributed by atoms with Gasteiger partial charge in [-0.25, -0.2) is 0 Å². The van der Waals surface area contributed by atoms with Crippen LogP contribution >= 0.6 is 15.9 Å². The third-order valence-electron chi connectivity index (χ3n) is 3.25. The molecule has 1 rings (SSSR count). The molecule has 0 aliphatic carbocycles. The number of halogens is 1. The molecule has 3 atom stereocenters. The second kappa shape index (κ2) is 7.24. The fraction of sp³-hybridized carbons (Fsp3) is 0.571. The number of ether oxygens (including phenoxy) is 1. The molecular weight excluding hydrogens is 292 g/mol. The number of nitrogens with zero attached hydrogens (tertiary/aromatic N) is 1. The summed E-state index contributed by atoms with van der Waals surface area (Å²) >= 11 is 3.46. The van der Waals surface area contributed by atoms with Crippen molar-refractivity contribution in [3.8, 4) is 0 Å². The summed E-state index contributed by atoms with van der Waals surface area (Å²) in [5.41, 5.74) is 7.38. The second-order valence-corrected chi connectivity index (χ2v) is 5.74. The zero-order chi connectivity index (χ0) is 13.7. The van der Waals surface area contributed by atoms with Crippen molar-refractivity contribution < 1.29 is 4.74 Å². The van der Waals surface area contributed by atoms with Crippen LogP contribution in [-0.4, -0.2) is 37.7 Å². The van der Waals surface area contributed by atoms with Crippen molar-refractivity contribution in [1.29, 1.82) is 0 Å². The lowest BCUT2D eigenvalue weighted by Gasteiger charge is -2.35. The Morgan fingerprint density at radius 1 is 1.28 bits per heavy atom. The Kier molecular flexibility index (Phi) is 6.29. The fourth-order valence-corrected chi connectivity index (χ4v) is 2.47. The highest BCUT2D eigenvalue weighted by Crippen LogP contribution is 2.25. The van der Waals surface area contributed by atoms with Crippen molar-refractivity contribution in [1.82, 2.24) is 4.90 Å². The van der Waals surface area contributed by atoms with Gasteiger partial charge in [0.05, 0.1) is 6.61 Å². The zero-order valence-corrected chi connectivity index (χ0v) is 13.1. The molecule has 0 spiro atoms. The topological polar surface area (TPSA) is 38.5 Å². The summed E-state index contributed by atoms with van der Waals surface area (Å²) in [6.45, 7) is 4.90. The first-order valence-electron chi connectivity index (χ1n) is 6.19. The molecule has 4 heteroatoms. The molecule has 102 valence electrons. The standard InChI is InChI=1S/C14H23BrN2O/c1-10(9-18-4)17(3)14(11(2)16)12-5-7-13(15)8-6-12/h5-8,10-11,14H,9,16H2,1-4H3. The molecule has 0 amide bonds. The number of hydrogen-bond donors (Lipinski definition) is 1. The first kappa shape index (κ1) is 15.6. The van der Waals surface area contributed by atoms with Crippen LogP contribution in [0.25, 0.3) is 0 Å². The van der Waals surface area contributed by atoms with Crippen molar-refractivity contribution in [2.24, 2.45) is 5.73 Å². The lowest BCUT2D eigenvalue weighted by molar-refractivity contribution is 0.0819. The molecule has 2 N–H and O–H groups in total. The predicted octanol–water partition coefficient (Wildman–Crippen LogP) is 2.80. The highest BCUT2D eigenvalue weighted by molar-refractivity contribution is 9.10. The van der Waals surface area contributed by atoms with E-state index < -0.39 is 0 Å². The van der Waals surface area contributed by atoms with Gasteiger partial charge in [-0.3, -0.25) is 4.90 Å². The number of nitrogens with two attached hydrogens (primary N) is 1. The van der Waals surface area contributed by atoms with Gasteiger partial charge in [0.1, 0.15) is 0 Å². The van der Waals surface area contributed by atoms with Crippen LogP contribution in [0.2, 0.25) is 0 Å². The summed E-state index contributed by atoms with van der Waals surface area (Å²) in [6, 6.07) is 8.94. The predicted molar refractivity (Wildman–Crippen MR) is 79.6 cm³/mol. The van der Waals surface area contributed by atoms with Crippen LogP contribution in [0.4, 0.5) is 0 Å². The highest BCUT2D eigenvalue weighted by Gasteiger charge is 2.24. The molecule has 18 heavy (non-hydrogen) atoms. The van der Waals surface area contributed by atoms with Gasteiger partial charge in [0, 0.05) is 29.7 Å². The zero-order valence-electron chi connectivity index (χ0n) is 11.6. The molecule has 1 aromatic rings. The first-order chi connectivity index (χ1) is 8.47. The molecule has 0 fully saturated rings. The Labute approximate surface area is 118 Å². The summed E-state index contributed by atoms with van der Waals surface area (Å²) < 4.78 is 6.31. The lowest BCUT2D eigenvalue weighted by Crippen LogP contribution is -2.43. The van der Waals surface area contributed by atoms with E-state index in [0.717, 1.165) is 4.47 Å². The van der Waals surface area contributed by atoms with Crippen molar-refractivity contribution in [2.45, 2.75) is 32.0 Å². The van der Waals surface area contributed by atoms with Gasteiger partial charge in [0.25, 0.3) is 0 Å². The van der Waals surface area contributed by atoms with Crippen LogP contribution in [0.5, 0.6) is 0 Å². The van der Waals surface area contributed by atoms with Gasteiger partial charge in [-0.1, -0.05) is 28.1 Å². The van der Waals surface area contributed by atoms with E-state index in [9.17, 15) is 0 Å². The minimum atomic E-state index is 0.0653. The van der Waals surface area contributed by atoms with Crippen molar-refractivity contribution in [3.05, 3.63) is 34.3 Å². The molecule has 0 aliphatic rings. The second-order valence-electron chi connectivity index (χ2n) is 4.83. The lowest BCUT2D eigenvalue weighted by atomic mass is 9.98. The van der Waals surface area contributed by atoms with E-state index in [2.05, 4.69) is 59.1 Å². The van der Waals surface area contributed by atoms with E-state index in [0.29, 0.717) is 12.6 Å². The van der Waals surface area contributed by atoms with Crippen LogP contribution < -0.4 is 5.73 Å². The maximum absolute atomic E-state index is 6.15. The molecule has 0 saturated heterocycles. The molecule has 0 heterocycles. The Bertz CT molecular complexity index is 353. The smallest absolute Gasteiger partial charge is 0.0615 e. The van der Waals surface area contributed by atoms with E-state index >= 15 is 0 Å². The molecule has 3 nitrogen and oxygen atoms in total. The quantitative estimate of drug-likeness (QED) is 0.877. The normalized spacial score (nSPS) is 16.6. The third kappa shape index (κ3) is 4.05. The highest BCUT2D eigenvalue weighted by atomic mass is 79.9. The maximum Gasteiger partial charge on any atom is 0.0615 e. The Hall–Kier alpha value is -0.420. The monoisotopic (exact) mass is 314 g/mol. The van der Waals surface area contributed by atoms with Crippen LogP contribution in [0.3, 0.4) is 0 Å². The minimum Gasteiger partial charge on any atom is -0.383 e. The number of likely N-dealkylation sites (N-methyl/N-ethyl adjacent to an activating group) is 1. The Morgan fingerprint density at radius 3 is 2.28 bits per heavy atom. The number of rotatable bonds is 6. The molecule has 3 unspecified atom stereocenters. The molecule has 0 aliphatic heterocycles. The molecule has 0 aromatic heterocycles. The summed E-state index contributed by atoms with van der Waals surface area (Å²) in [6.07, 6.45) is 0. The van der Waals surface area contributed by atoms with E-state index in [-0.39, 0.29) is 12.1 Å². The molecule has 1 aromatic carbocycles. The largest absolute Gasteiger partial charge is 0.383 e. The summed E-state index contributed by atoms with van der Waals surface area (Å²) in [5.74, 6) is 0. The Morgan fingerprint density at radius 2 is 1.83 bits per heavy atom. The van der Waals surface area contributed by atoms with Gasteiger partial charge in [-0.15, -0.1) is 0 Å².